The van der Waals surface area contributed by atoms with E-state index in [9.17, 15) is 4.79 Å². The van der Waals surface area contributed by atoms with Crippen LogP contribution in [0.1, 0.15) is 43.7 Å². The number of carbonyl (C=O) groups excluding carboxylic acids is 1. The minimum absolute atomic E-state index is 0.0656. The van der Waals surface area contributed by atoms with Gasteiger partial charge in [-0.15, -0.1) is 0 Å². The van der Waals surface area contributed by atoms with E-state index in [0.29, 0.717) is 5.92 Å². The zero-order chi connectivity index (χ0) is 18.4. The normalized spacial score (nSPS) is 18.8. The Kier molecular flexibility index (Phi) is 5.78. The quantitative estimate of drug-likeness (QED) is 0.770. The summed E-state index contributed by atoms with van der Waals surface area (Å²) in [6.07, 6.45) is 1.55. The molecule has 1 fully saturated rings. The van der Waals surface area contributed by atoms with Crippen LogP contribution in [-0.4, -0.2) is 18.3 Å². The highest BCUT2D eigenvalue weighted by atomic mass is 16.6. The first-order valence-electron chi connectivity index (χ1n) is 8.98. The van der Waals surface area contributed by atoms with Gasteiger partial charge in [0.25, 0.3) is 0 Å². The predicted molar refractivity (Wildman–Crippen MR) is 102 cm³/mol. The fourth-order valence-electron chi connectivity index (χ4n) is 3.24. The zero-order valence-electron chi connectivity index (χ0n) is 15.3. The average molecular weight is 354 g/mol. The van der Waals surface area contributed by atoms with Crippen molar-refractivity contribution in [2.45, 2.75) is 44.8 Å². The number of hydrazine groups is 1. The van der Waals surface area contributed by atoms with Crippen LogP contribution in [0.25, 0.3) is 0 Å². The van der Waals surface area contributed by atoms with Crippen molar-refractivity contribution in [2.75, 3.05) is 12.0 Å². The third-order valence-electron chi connectivity index (χ3n) is 4.60. The van der Waals surface area contributed by atoms with Gasteiger partial charge in [-0.1, -0.05) is 42.5 Å². The highest BCUT2D eigenvalue weighted by Gasteiger charge is 2.29. The van der Waals surface area contributed by atoms with Gasteiger partial charge in [-0.2, -0.15) is 0 Å². The molecule has 1 aliphatic rings. The Morgan fingerprint density at radius 3 is 2.58 bits per heavy atom. The Morgan fingerprint density at radius 2 is 1.88 bits per heavy atom. The third-order valence-corrected chi connectivity index (χ3v) is 4.60. The molecule has 1 amide bonds. The molecule has 138 valence electrons. The highest BCUT2D eigenvalue weighted by molar-refractivity contribution is 5.69. The fourth-order valence-corrected chi connectivity index (χ4v) is 3.24. The molecule has 0 aliphatic carbocycles. The second-order valence-electron chi connectivity index (χ2n) is 7.23. The molecule has 5 nitrogen and oxygen atoms in total. The average Bonchev–Trinajstić information content (AvgIpc) is 2.65. The van der Waals surface area contributed by atoms with Crippen LogP contribution >= 0.6 is 0 Å². The van der Waals surface area contributed by atoms with Crippen molar-refractivity contribution < 1.29 is 14.3 Å². The van der Waals surface area contributed by atoms with Gasteiger partial charge in [0.2, 0.25) is 0 Å². The molecule has 1 heterocycles. The van der Waals surface area contributed by atoms with Gasteiger partial charge in [0.1, 0.15) is 6.61 Å². The Bertz CT molecular complexity index is 714. The lowest BCUT2D eigenvalue weighted by atomic mass is 9.83. The molecule has 0 spiro atoms. The van der Waals surface area contributed by atoms with E-state index in [1.807, 2.05) is 42.5 Å². The maximum absolute atomic E-state index is 11.8. The molecule has 26 heavy (non-hydrogen) atoms. The lowest BCUT2D eigenvalue weighted by Crippen LogP contribution is -2.33. The standard InChI is InChI=1S/C21H26N2O3/c1-21(2)14-18(12-13-26-21)17-8-10-19(11-9-17)22-23-20(24)25-15-16-6-4-3-5-7-16/h3-11,18,22H,12-15H2,1-2H3,(H,23,24)/t18-/m0/s1. The van der Waals surface area contributed by atoms with Crippen LogP contribution in [0.2, 0.25) is 0 Å². The van der Waals surface area contributed by atoms with E-state index in [1.165, 1.54) is 5.56 Å². The van der Waals surface area contributed by atoms with Gasteiger partial charge in [0, 0.05) is 6.61 Å². The third kappa shape index (κ3) is 5.23. The minimum Gasteiger partial charge on any atom is -0.443 e. The first-order valence-corrected chi connectivity index (χ1v) is 8.98. The molecule has 1 saturated heterocycles. The number of rotatable bonds is 5. The summed E-state index contributed by atoms with van der Waals surface area (Å²) in [6, 6.07) is 17.7. The number of carbonyl (C=O) groups is 1. The predicted octanol–water partition coefficient (Wildman–Crippen LogP) is 4.61. The lowest BCUT2D eigenvalue weighted by molar-refractivity contribution is -0.0593. The maximum atomic E-state index is 11.8. The van der Waals surface area contributed by atoms with Crippen molar-refractivity contribution in [1.29, 1.82) is 0 Å². The van der Waals surface area contributed by atoms with E-state index in [2.05, 4.69) is 36.8 Å². The molecule has 0 radical (unpaired) electrons. The van der Waals surface area contributed by atoms with Crippen LogP contribution in [0.15, 0.2) is 54.6 Å². The van der Waals surface area contributed by atoms with Crippen LogP contribution in [0.3, 0.4) is 0 Å². The molecule has 0 aromatic heterocycles. The van der Waals surface area contributed by atoms with Gasteiger partial charge in [0.05, 0.1) is 11.3 Å². The molecule has 2 aromatic rings. The van der Waals surface area contributed by atoms with Crippen LogP contribution in [0.4, 0.5) is 10.5 Å². The summed E-state index contributed by atoms with van der Waals surface area (Å²) in [5, 5.41) is 0. The van der Waals surface area contributed by atoms with Crippen LogP contribution in [-0.2, 0) is 16.1 Å². The first-order chi connectivity index (χ1) is 12.5. The van der Waals surface area contributed by atoms with E-state index in [0.717, 1.165) is 30.7 Å². The van der Waals surface area contributed by atoms with Crippen molar-refractivity contribution in [3.8, 4) is 0 Å². The van der Waals surface area contributed by atoms with E-state index < -0.39 is 6.09 Å². The second-order valence-corrected chi connectivity index (χ2v) is 7.23. The molecular weight excluding hydrogens is 328 g/mol. The zero-order valence-corrected chi connectivity index (χ0v) is 15.3. The summed E-state index contributed by atoms with van der Waals surface area (Å²) in [4.78, 5) is 11.8. The smallest absolute Gasteiger partial charge is 0.426 e. The first kappa shape index (κ1) is 18.3. The van der Waals surface area contributed by atoms with E-state index in [-0.39, 0.29) is 12.2 Å². The Hall–Kier alpha value is -2.53. The van der Waals surface area contributed by atoms with Gasteiger partial charge in [-0.25, -0.2) is 10.2 Å². The minimum atomic E-state index is -0.510. The number of ether oxygens (including phenoxy) is 2. The molecule has 1 atom stereocenters. The van der Waals surface area contributed by atoms with Crippen molar-refractivity contribution >= 4 is 11.8 Å². The summed E-state index contributed by atoms with van der Waals surface area (Å²) >= 11 is 0. The van der Waals surface area contributed by atoms with Gasteiger partial charge >= 0.3 is 6.09 Å². The monoisotopic (exact) mass is 354 g/mol. The fraction of sp³-hybridized carbons (Fsp3) is 0.381. The Balaban J connectivity index is 1.46. The molecule has 2 N–H and O–H groups in total. The van der Waals surface area contributed by atoms with Crippen LogP contribution in [0, 0.1) is 0 Å². The van der Waals surface area contributed by atoms with Crippen LogP contribution < -0.4 is 10.9 Å². The molecule has 0 saturated carbocycles. The summed E-state index contributed by atoms with van der Waals surface area (Å²) in [6.45, 7) is 5.32. The number of hydrogen-bond donors (Lipinski definition) is 2. The second kappa shape index (κ2) is 8.23. The molecule has 2 aromatic carbocycles. The Labute approximate surface area is 154 Å². The molecule has 1 aliphatic heterocycles. The van der Waals surface area contributed by atoms with Crippen LogP contribution in [0.5, 0.6) is 0 Å². The maximum Gasteiger partial charge on any atom is 0.426 e. The summed E-state index contributed by atoms with van der Waals surface area (Å²) in [5.41, 5.74) is 8.43. The van der Waals surface area contributed by atoms with Gasteiger partial charge < -0.3 is 9.47 Å². The molecule has 0 unspecified atom stereocenters. The molecular formula is C21H26N2O3. The summed E-state index contributed by atoms with van der Waals surface area (Å²) in [5.74, 6) is 0.511. The SMILES string of the molecule is CC1(C)C[C@@H](c2ccc(NNC(=O)OCc3ccccc3)cc2)CCO1. The van der Waals surface area contributed by atoms with E-state index in [1.54, 1.807) is 0 Å². The topological polar surface area (TPSA) is 59.6 Å². The van der Waals surface area contributed by atoms with Gasteiger partial charge in [0.15, 0.2) is 0 Å². The van der Waals surface area contributed by atoms with E-state index in [4.69, 9.17) is 9.47 Å². The number of amides is 1. The summed E-state index contributed by atoms with van der Waals surface area (Å²) in [7, 11) is 0. The van der Waals surface area contributed by atoms with Crippen molar-refractivity contribution in [3.63, 3.8) is 0 Å². The number of nitrogens with one attached hydrogen (secondary N) is 2. The largest absolute Gasteiger partial charge is 0.443 e. The summed E-state index contributed by atoms with van der Waals surface area (Å²) < 4.78 is 11.0. The van der Waals surface area contributed by atoms with Gasteiger partial charge in [-0.05, 0) is 55.9 Å². The van der Waals surface area contributed by atoms with Crippen molar-refractivity contribution in [2.24, 2.45) is 0 Å². The Morgan fingerprint density at radius 1 is 1.15 bits per heavy atom. The molecule has 0 bridgehead atoms. The van der Waals surface area contributed by atoms with E-state index >= 15 is 0 Å². The number of benzene rings is 2. The lowest BCUT2D eigenvalue weighted by Gasteiger charge is -2.35. The van der Waals surface area contributed by atoms with Gasteiger partial charge in [-0.3, -0.25) is 5.43 Å². The molecule has 5 heteroatoms. The number of anilines is 1. The molecule has 3 rings (SSSR count). The van der Waals surface area contributed by atoms with Crippen molar-refractivity contribution in [1.82, 2.24) is 5.43 Å². The number of hydrogen-bond acceptors (Lipinski definition) is 4. The highest BCUT2D eigenvalue weighted by Crippen LogP contribution is 2.35. The van der Waals surface area contributed by atoms with Crippen molar-refractivity contribution in [3.05, 3.63) is 65.7 Å².